The van der Waals surface area contributed by atoms with Crippen molar-refractivity contribution < 1.29 is 4.74 Å². The first-order valence-corrected chi connectivity index (χ1v) is 6.43. The van der Waals surface area contributed by atoms with E-state index in [-0.39, 0.29) is 0 Å². The van der Waals surface area contributed by atoms with E-state index in [1.54, 1.807) is 7.11 Å². The predicted octanol–water partition coefficient (Wildman–Crippen LogP) is 3.13. The van der Waals surface area contributed by atoms with Crippen LogP contribution in [0.2, 0.25) is 0 Å². The molecule has 1 fully saturated rings. The molecule has 3 rings (SSSR count). The van der Waals surface area contributed by atoms with E-state index in [1.165, 1.54) is 29.7 Å². The second kappa shape index (κ2) is 4.48. The molecule has 94 valence electrons. The third kappa shape index (κ3) is 2.13. The van der Waals surface area contributed by atoms with E-state index in [0.717, 1.165) is 18.2 Å². The first-order valence-electron chi connectivity index (χ1n) is 6.43. The topological polar surface area (TPSA) is 27.1 Å². The summed E-state index contributed by atoms with van der Waals surface area (Å²) in [5.74, 6) is 1.64. The molecule has 3 nitrogen and oxygen atoms in total. The maximum Gasteiger partial charge on any atom is 0.118 e. The Morgan fingerprint density at radius 1 is 1.28 bits per heavy atom. The zero-order valence-electron chi connectivity index (χ0n) is 10.9. The average molecular weight is 242 g/mol. The van der Waals surface area contributed by atoms with Crippen molar-refractivity contribution in [2.45, 2.75) is 32.2 Å². The molecule has 1 heterocycles. The Hall–Kier alpha value is -1.77. The Morgan fingerprint density at radius 3 is 2.61 bits per heavy atom. The molecular formula is C15H18N2O. The quantitative estimate of drug-likeness (QED) is 0.823. The van der Waals surface area contributed by atoms with E-state index in [1.807, 2.05) is 18.3 Å². The van der Waals surface area contributed by atoms with Gasteiger partial charge < -0.3 is 4.74 Å². The van der Waals surface area contributed by atoms with E-state index >= 15 is 0 Å². The number of ether oxygens (including phenoxy) is 1. The summed E-state index contributed by atoms with van der Waals surface area (Å²) in [6, 6.07) is 8.21. The van der Waals surface area contributed by atoms with E-state index in [9.17, 15) is 0 Å². The molecule has 0 bridgehead atoms. The average Bonchev–Trinajstić information content (AvgIpc) is 3.16. The lowest BCUT2D eigenvalue weighted by atomic mass is 10.2. The van der Waals surface area contributed by atoms with Gasteiger partial charge in [-0.1, -0.05) is 12.1 Å². The van der Waals surface area contributed by atoms with Gasteiger partial charge in [0.05, 0.1) is 19.9 Å². The Morgan fingerprint density at radius 2 is 2.00 bits per heavy atom. The van der Waals surface area contributed by atoms with Gasteiger partial charge in [0.25, 0.3) is 0 Å². The number of aromatic nitrogens is 2. The summed E-state index contributed by atoms with van der Waals surface area (Å²) in [5.41, 5.74) is 4.01. The molecule has 1 aromatic carbocycles. The molecule has 0 spiro atoms. The van der Waals surface area contributed by atoms with Crippen LogP contribution in [0.15, 0.2) is 30.5 Å². The third-order valence-electron chi connectivity index (χ3n) is 3.53. The summed E-state index contributed by atoms with van der Waals surface area (Å²) in [7, 11) is 1.69. The van der Waals surface area contributed by atoms with E-state index in [2.05, 4.69) is 28.8 Å². The molecule has 0 radical (unpaired) electrons. The molecule has 1 aromatic heterocycles. The zero-order chi connectivity index (χ0) is 12.5. The van der Waals surface area contributed by atoms with Crippen molar-refractivity contribution in [3.05, 3.63) is 47.3 Å². The first-order chi connectivity index (χ1) is 8.78. The Kier molecular flexibility index (Phi) is 2.82. The molecular weight excluding hydrogens is 224 g/mol. The minimum Gasteiger partial charge on any atom is -0.497 e. The van der Waals surface area contributed by atoms with Crippen LogP contribution in [-0.4, -0.2) is 16.9 Å². The van der Waals surface area contributed by atoms with Gasteiger partial charge in [0.1, 0.15) is 5.75 Å². The minimum atomic E-state index is 0.741. The maximum absolute atomic E-state index is 5.17. The minimum absolute atomic E-state index is 0.741. The number of benzene rings is 1. The van der Waals surface area contributed by atoms with Crippen LogP contribution < -0.4 is 4.74 Å². The van der Waals surface area contributed by atoms with Gasteiger partial charge in [0.15, 0.2) is 0 Å². The molecule has 0 amide bonds. The van der Waals surface area contributed by atoms with Gasteiger partial charge in [-0.05, 0) is 43.0 Å². The zero-order valence-corrected chi connectivity index (χ0v) is 10.9. The van der Waals surface area contributed by atoms with Gasteiger partial charge in [-0.3, -0.25) is 4.68 Å². The van der Waals surface area contributed by atoms with Crippen LogP contribution in [0.25, 0.3) is 0 Å². The van der Waals surface area contributed by atoms with Crippen molar-refractivity contribution in [3.8, 4) is 5.75 Å². The Balaban J connectivity index is 1.83. The normalized spacial score (nSPS) is 14.8. The third-order valence-corrected chi connectivity index (χ3v) is 3.53. The highest BCUT2D eigenvalue weighted by molar-refractivity contribution is 5.29. The van der Waals surface area contributed by atoms with Crippen molar-refractivity contribution >= 4 is 0 Å². The van der Waals surface area contributed by atoms with Gasteiger partial charge in [-0.25, -0.2) is 0 Å². The van der Waals surface area contributed by atoms with Crippen LogP contribution in [0.4, 0.5) is 0 Å². The van der Waals surface area contributed by atoms with Crippen LogP contribution in [0.5, 0.6) is 5.75 Å². The predicted molar refractivity (Wildman–Crippen MR) is 71.0 cm³/mol. The molecule has 1 saturated carbocycles. The highest BCUT2D eigenvalue weighted by atomic mass is 16.5. The lowest BCUT2D eigenvalue weighted by Gasteiger charge is -2.08. The monoisotopic (exact) mass is 242 g/mol. The van der Waals surface area contributed by atoms with Crippen LogP contribution in [0.3, 0.4) is 0 Å². The first kappa shape index (κ1) is 11.3. The van der Waals surface area contributed by atoms with Gasteiger partial charge in [0, 0.05) is 11.6 Å². The second-order valence-corrected chi connectivity index (χ2v) is 4.99. The standard InChI is InChI=1S/C15H18N2O/c1-11-9-16-17(15(11)13-5-6-13)10-12-3-7-14(18-2)8-4-12/h3-4,7-9,13H,5-6,10H2,1-2H3. The number of hydrogen-bond acceptors (Lipinski definition) is 2. The molecule has 1 aliphatic rings. The van der Waals surface area contributed by atoms with Crippen LogP contribution in [0, 0.1) is 6.92 Å². The van der Waals surface area contributed by atoms with Crippen LogP contribution >= 0.6 is 0 Å². The second-order valence-electron chi connectivity index (χ2n) is 4.99. The number of aryl methyl sites for hydroxylation is 1. The fourth-order valence-corrected chi connectivity index (χ4v) is 2.41. The molecule has 0 N–H and O–H groups in total. The van der Waals surface area contributed by atoms with E-state index < -0.39 is 0 Å². The van der Waals surface area contributed by atoms with Crippen LogP contribution in [-0.2, 0) is 6.54 Å². The lowest BCUT2D eigenvalue weighted by Crippen LogP contribution is -2.06. The van der Waals surface area contributed by atoms with E-state index in [4.69, 9.17) is 4.74 Å². The van der Waals surface area contributed by atoms with Crippen LogP contribution in [0.1, 0.15) is 35.6 Å². The SMILES string of the molecule is COc1ccc(Cn2ncc(C)c2C2CC2)cc1. The summed E-state index contributed by atoms with van der Waals surface area (Å²) in [6.45, 7) is 3.01. The van der Waals surface area contributed by atoms with Gasteiger partial charge in [-0.2, -0.15) is 5.10 Å². The summed E-state index contributed by atoms with van der Waals surface area (Å²) in [5, 5.41) is 4.50. The van der Waals surface area contributed by atoms with Crippen molar-refractivity contribution in [3.63, 3.8) is 0 Å². The summed E-state index contributed by atoms with van der Waals surface area (Å²) in [6.07, 6.45) is 4.61. The van der Waals surface area contributed by atoms with Crippen molar-refractivity contribution in [2.24, 2.45) is 0 Å². The summed E-state index contributed by atoms with van der Waals surface area (Å²) >= 11 is 0. The molecule has 0 atom stereocenters. The summed E-state index contributed by atoms with van der Waals surface area (Å²) in [4.78, 5) is 0. The highest BCUT2D eigenvalue weighted by Gasteiger charge is 2.28. The number of nitrogens with zero attached hydrogens (tertiary/aromatic N) is 2. The molecule has 0 unspecified atom stereocenters. The van der Waals surface area contributed by atoms with E-state index in [0.29, 0.717) is 0 Å². The number of rotatable bonds is 4. The maximum atomic E-state index is 5.17. The van der Waals surface area contributed by atoms with Crippen molar-refractivity contribution in [1.82, 2.24) is 9.78 Å². The molecule has 18 heavy (non-hydrogen) atoms. The molecule has 0 aliphatic heterocycles. The Labute approximate surface area is 107 Å². The van der Waals surface area contributed by atoms with Crippen molar-refractivity contribution in [1.29, 1.82) is 0 Å². The number of hydrogen-bond donors (Lipinski definition) is 0. The largest absolute Gasteiger partial charge is 0.497 e. The lowest BCUT2D eigenvalue weighted by molar-refractivity contribution is 0.414. The summed E-state index contributed by atoms with van der Waals surface area (Å²) < 4.78 is 7.32. The molecule has 0 saturated heterocycles. The van der Waals surface area contributed by atoms with Crippen molar-refractivity contribution in [2.75, 3.05) is 7.11 Å². The Bertz CT molecular complexity index is 538. The highest BCUT2D eigenvalue weighted by Crippen LogP contribution is 2.41. The smallest absolute Gasteiger partial charge is 0.118 e. The van der Waals surface area contributed by atoms with Gasteiger partial charge >= 0.3 is 0 Å². The van der Waals surface area contributed by atoms with Gasteiger partial charge in [0.2, 0.25) is 0 Å². The molecule has 3 heteroatoms. The fourth-order valence-electron chi connectivity index (χ4n) is 2.41. The fraction of sp³-hybridized carbons (Fsp3) is 0.400. The van der Waals surface area contributed by atoms with Gasteiger partial charge in [-0.15, -0.1) is 0 Å². The molecule has 2 aromatic rings. The molecule has 1 aliphatic carbocycles. The number of methoxy groups -OCH3 is 1.